The van der Waals surface area contributed by atoms with Crippen LogP contribution in [0.5, 0.6) is 5.75 Å². The average Bonchev–Trinajstić information content (AvgIpc) is 2.93. The van der Waals surface area contributed by atoms with Crippen molar-refractivity contribution in [2.45, 2.75) is 13.0 Å². The highest BCUT2D eigenvalue weighted by atomic mass is 16.5. The van der Waals surface area contributed by atoms with Crippen LogP contribution in [0.4, 0.5) is 5.95 Å². The van der Waals surface area contributed by atoms with Crippen LogP contribution in [-0.2, 0) is 11.8 Å². The monoisotopic (exact) mass is 296 g/mol. The zero-order chi connectivity index (χ0) is 15.5. The zero-order valence-electron chi connectivity index (χ0n) is 12.4. The van der Waals surface area contributed by atoms with Crippen LogP contribution >= 0.6 is 0 Å². The minimum absolute atomic E-state index is 0.274. The van der Waals surface area contributed by atoms with E-state index in [0.717, 1.165) is 10.8 Å². The molecule has 1 atom stereocenters. The van der Waals surface area contributed by atoms with Crippen molar-refractivity contribution in [1.29, 1.82) is 0 Å². The Morgan fingerprint density at radius 3 is 2.77 bits per heavy atom. The van der Waals surface area contributed by atoms with Crippen LogP contribution in [0, 0.1) is 0 Å². The van der Waals surface area contributed by atoms with Crippen LogP contribution in [0.3, 0.4) is 0 Å². The van der Waals surface area contributed by atoms with Crippen molar-refractivity contribution in [2.24, 2.45) is 7.05 Å². The SMILES string of the molecule is C[C@@H](Oc1cccc2ccccc12)C(=O)Nc1ncnn1C. The maximum Gasteiger partial charge on any atom is 0.267 e. The molecule has 1 amide bonds. The molecular formula is C16H16N4O2. The molecule has 1 N–H and O–H groups in total. The van der Waals surface area contributed by atoms with Crippen molar-refractivity contribution in [3.05, 3.63) is 48.8 Å². The predicted octanol–water partition coefficient (Wildman–Crippen LogP) is 2.37. The van der Waals surface area contributed by atoms with Gasteiger partial charge < -0.3 is 4.74 Å². The molecule has 0 aliphatic heterocycles. The number of aryl methyl sites for hydroxylation is 1. The van der Waals surface area contributed by atoms with Crippen LogP contribution in [-0.4, -0.2) is 26.8 Å². The quantitative estimate of drug-likeness (QED) is 0.802. The van der Waals surface area contributed by atoms with Gasteiger partial charge in [0.05, 0.1) is 0 Å². The van der Waals surface area contributed by atoms with Gasteiger partial charge in [0.1, 0.15) is 12.1 Å². The summed E-state index contributed by atoms with van der Waals surface area (Å²) in [7, 11) is 1.71. The van der Waals surface area contributed by atoms with E-state index in [-0.39, 0.29) is 5.91 Å². The molecule has 0 spiro atoms. The Morgan fingerprint density at radius 2 is 2.00 bits per heavy atom. The Bertz CT molecular complexity index is 807. The summed E-state index contributed by atoms with van der Waals surface area (Å²) in [6, 6.07) is 13.7. The number of aromatic nitrogens is 3. The largest absolute Gasteiger partial charge is 0.480 e. The molecule has 0 bridgehead atoms. The number of rotatable bonds is 4. The number of hydrogen-bond donors (Lipinski definition) is 1. The second kappa shape index (κ2) is 5.85. The number of anilines is 1. The summed E-state index contributed by atoms with van der Waals surface area (Å²) in [5, 5.41) is 8.63. The Hall–Kier alpha value is -2.89. The lowest BCUT2D eigenvalue weighted by atomic mass is 10.1. The number of benzene rings is 2. The van der Waals surface area contributed by atoms with Crippen molar-refractivity contribution in [3.8, 4) is 5.75 Å². The molecule has 6 heteroatoms. The first-order valence-corrected chi connectivity index (χ1v) is 6.94. The molecule has 112 valence electrons. The predicted molar refractivity (Wildman–Crippen MR) is 83.7 cm³/mol. The highest BCUT2D eigenvalue weighted by Crippen LogP contribution is 2.26. The third kappa shape index (κ3) is 2.76. The summed E-state index contributed by atoms with van der Waals surface area (Å²) in [6.45, 7) is 1.70. The lowest BCUT2D eigenvalue weighted by Gasteiger charge is -2.15. The average molecular weight is 296 g/mol. The molecule has 3 rings (SSSR count). The van der Waals surface area contributed by atoms with Crippen molar-refractivity contribution in [2.75, 3.05) is 5.32 Å². The summed E-state index contributed by atoms with van der Waals surface area (Å²) in [5.74, 6) is 0.793. The number of carbonyl (C=O) groups is 1. The van der Waals surface area contributed by atoms with Gasteiger partial charge in [-0.15, -0.1) is 0 Å². The molecule has 22 heavy (non-hydrogen) atoms. The van der Waals surface area contributed by atoms with E-state index >= 15 is 0 Å². The molecule has 3 aromatic rings. The Morgan fingerprint density at radius 1 is 1.23 bits per heavy atom. The molecule has 0 saturated heterocycles. The molecular weight excluding hydrogens is 280 g/mol. The van der Waals surface area contributed by atoms with Crippen molar-refractivity contribution in [3.63, 3.8) is 0 Å². The second-order valence-corrected chi connectivity index (χ2v) is 4.93. The fourth-order valence-corrected chi connectivity index (χ4v) is 2.16. The fourth-order valence-electron chi connectivity index (χ4n) is 2.16. The van der Waals surface area contributed by atoms with Crippen LogP contribution in [0.15, 0.2) is 48.8 Å². The van der Waals surface area contributed by atoms with Gasteiger partial charge in [-0.3, -0.25) is 10.1 Å². The number of hydrogen-bond acceptors (Lipinski definition) is 4. The summed E-state index contributed by atoms with van der Waals surface area (Å²) >= 11 is 0. The van der Waals surface area contributed by atoms with E-state index < -0.39 is 6.10 Å². The summed E-state index contributed by atoms with van der Waals surface area (Å²) in [5.41, 5.74) is 0. The first kappa shape index (κ1) is 14.1. The standard InChI is InChI=1S/C16H16N4O2/c1-11(15(21)19-16-17-10-18-20(16)2)22-14-9-5-7-12-6-3-4-8-13(12)14/h3-11H,1-2H3,(H,17,18,19,21)/t11-/m1/s1. The van der Waals surface area contributed by atoms with Gasteiger partial charge in [0.15, 0.2) is 6.10 Å². The second-order valence-electron chi connectivity index (χ2n) is 4.93. The maximum atomic E-state index is 12.2. The zero-order valence-corrected chi connectivity index (χ0v) is 12.4. The van der Waals surface area contributed by atoms with E-state index in [1.165, 1.54) is 11.0 Å². The van der Waals surface area contributed by atoms with Gasteiger partial charge in [-0.1, -0.05) is 36.4 Å². The fraction of sp³-hybridized carbons (Fsp3) is 0.188. The minimum atomic E-state index is -0.650. The lowest BCUT2D eigenvalue weighted by Crippen LogP contribution is -2.31. The van der Waals surface area contributed by atoms with Crippen LogP contribution in [0.2, 0.25) is 0 Å². The Balaban J connectivity index is 1.77. The van der Waals surface area contributed by atoms with Gasteiger partial charge in [0.25, 0.3) is 5.91 Å². The Labute approximate surface area is 127 Å². The van der Waals surface area contributed by atoms with E-state index in [2.05, 4.69) is 15.4 Å². The van der Waals surface area contributed by atoms with E-state index in [4.69, 9.17) is 4.74 Å². The van der Waals surface area contributed by atoms with Crippen molar-refractivity contribution in [1.82, 2.24) is 14.8 Å². The van der Waals surface area contributed by atoms with Crippen molar-refractivity contribution >= 4 is 22.6 Å². The van der Waals surface area contributed by atoms with E-state index in [1.807, 2.05) is 42.5 Å². The third-order valence-electron chi connectivity index (χ3n) is 3.37. The summed E-state index contributed by atoms with van der Waals surface area (Å²) < 4.78 is 7.30. The van der Waals surface area contributed by atoms with Crippen molar-refractivity contribution < 1.29 is 9.53 Å². The van der Waals surface area contributed by atoms with E-state index in [0.29, 0.717) is 11.7 Å². The summed E-state index contributed by atoms with van der Waals surface area (Å²) in [6.07, 6.45) is 0.730. The molecule has 0 fully saturated rings. The Kier molecular flexibility index (Phi) is 3.74. The molecule has 0 radical (unpaired) electrons. The summed E-state index contributed by atoms with van der Waals surface area (Å²) in [4.78, 5) is 16.1. The number of carbonyl (C=O) groups excluding carboxylic acids is 1. The molecule has 1 aromatic heterocycles. The molecule has 0 aliphatic rings. The lowest BCUT2D eigenvalue weighted by molar-refractivity contribution is -0.122. The van der Waals surface area contributed by atoms with Crippen LogP contribution in [0.25, 0.3) is 10.8 Å². The van der Waals surface area contributed by atoms with Gasteiger partial charge in [0.2, 0.25) is 5.95 Å². The molecule has 0 saturated carbocycles. The highest BCUT2D eigenvalue weighted by molar-refractivity contribution is 5.93. The molecule has 1 heterocycles. The molecule has 0 unspecified atom stereocenters. The molecule has 2 aromatic carbocycles. The van der Waals surface area contributed by atoms with E-state index in [9.17, 15) is 4.79 Å². The first-order chi connectivity index (χ1) is 10.6. The number of fused-ring (bicyclic) bond motifs is 1. The number of ether oxygens (including phenoxy) is 1. The van der Waals surface area contributed by atoms with E-state index in [1.54, 1.807) is 14.0 Å². The van der Waals surface area contributed by atoms with Gasteiger partial charge >= 0.3 is 0 Å². The normalized spacial score (nSPS) is 12.1. The maximum absolute atomic E-state index is 12.2. The molecule has 6 nitrogen and oxygen atoms in total. The highest BCUT2D eigenvalue weighted by Gasteiger charge is 2.17. The third-order valence-corrected chi connectivity index (χ3v) is 3.37. The van der Waals surface area contributed by atoms with Gasteiger partial charge in [-0.05, 0) is 18.4 Å². The smallest absolute Gasteiger partial charge is 0.267 e. The van der Waals surface area contributed by atoms with Gasteiger partial charge in [-0.25, -0.2) is 4.68 Å². The number of nitrogens with zero attached hydrogens (tertiary/aromatic N) is 3. The number of nitrogens with one attached hydrogen (secondary N) is 1. The van der Waals surface area contributed by atoms with Crippen LogP contribution in [0.1, 0.15) is 6.92 Å². The number of amides is 1. The van der Waals surface area contributed by atoms with Gasteiger partial charge in [-0.2, -0.15) is 10.1 Å². The topological polar surface area (TPSA) is 69.0 Å². The first-order valence-electron chi connectivity index (χ1n) is 6.94. The minimum Gasteiger partial charge on any atom is -0.480 e. The molecule has 0 aliphatic carbocycles. The van der Waals surface area contributed by atoms with Gasteiger partial charge in [0, 0.05) is 12.4 Å². The van der Waals surface area contributed by atoms with Crippen LogP contribution < -0.4 is 10.1 Å².